The largest absolute Gasteiger partial charge is 0.343 e. The Balaban J connectivity index is 1.72. The number of allylic oxidation sites excluding steroid dienone is 2. The third kappa shape index (κ3) is 2.82. The minimum absolute atomic E-state index is 0.0359. The van der Waals surface area contributed by atoms with E-state index in [1.54, 1.807) is 12.1 Å². The molecule has 2 aromatic carbocycles. The molecule has 1 aliphatic carbocycles. The zero-order valence-electron chi connectivity index (χ0n) is 16.5. The maximum Gasteiger partial charge on any atom is 0.269 e. The summed E-state index contributed by atoms with van der Waals surface area (Å²) in [6.45, 7) is 1.94. The number of ketones is 1. The summed E-state index contributed by atoms with van der Waals surface area (Å²) in [6, 6.07) is 16.4. The number of carbonyl (C=O) groups excluding carboxylic acids is 1. The number of nitrogens with one attached hydrogen (secondary N) is 1. The highest BCUT2D eigenvalue weighted by molar-refractivity contribution is 6.01. The van der Waals surface area contributed by atoms with E-state index in [9.17, 15) is 14.9 Å². The lowest BCUT2D eigenvalue weighted by molar-refractivity contribution is -0.384. The van der Waals surface area contributed by atoms with Crippen molar-refractivity contribution < 1.29 is 9.72 Å². The number of hydrogen-bond donors (Lipinski definition) is 1. The number of anilines is 1. The van der Waals surface area contributed by atoms with Crippen molar-refractivity contribution in [2.24, 2.45) is 0 Å². The van der Waals surface area contributed by atoms with Crippen molar-refractivity contribution in [2.45, 2.75) is 32.1 Å². The zero-order valence-corrected chi connectivity index (χ0v) is 16.5. The number of fused-ring (bicyclic) bond motifs is 1. The molecule has 30 heavy (non-hydrogen) atoms. The number of rotatable bonds is 3. The van der Waals surface area contributed by atoms with E-state index in [2.05, 4.69) is 5.32 Å². The van der Waals surface area contributed by atoms with Crippen LogP contribution in [0.25, 0.3) is 5.69 Å². The van der Waals surface area contributed by atoms with E-state index in [1.165, 1.54) is 12.1 Å². The fourth-order valence-electron chi connectivity index (χ4n) is 4.50. The number of benzene rings is 2. The van der Waals surface area contributed by atoms with E-state index in [0.29, 0.717) is 6.42 Å². The molecule has 7 nitrogen and oxygen atoms in total. The van der Waals surface area contributed by atoms with Gasteiger partial charge in [-0.3, -0.25) is 14.9 Å². The molecule has 0 amide bonds. The van der Waals surface area contributed by atoms with Crippen LogP contribution in [0, 0.1) is 17.0 Å². The Morgan fingerprint density at radius 3 is 2.53 bits per heavy atom. The number of non-ortho nitro benzene ring substituents is 1. The van der Waals surface area contributed by atoms with E-state index in [4.69, 9.17) is 5.10 Å². The second-order valence-electron chi connectivity index (χ2n) is 7.67. The van der Waals surface area contributed by atoms with Crippen LogP contribution in [0.5, 0.6) is 0 Å². The fourth-order valence-corrected chi connectivity index (χ4v) is 4.50. The highest BCUT2D eigenvalue weighted by atomic mass is 16.6. The SMILES string of the molecule is Cc1nn(-c2ccccc2)c2c1C(c1ccc([N+](=O)[O-])cc1)C1=C(CCCC1=O)N2. The van der Waals surface area contributed by atoms with Crippen LogP contribution in [0.1, 0.15) is 42.0 Å². The monoisotopic (exact) mass is 400 g/mol. The fraction of sp³-hybridized carbons (Fsp3) is 0.217. The average molecular weight is 400 g/mol. The van der Waals surface area contributed by atoms with E-state index in [0.717, 1.165) is 52.4 Å². The van der Waals surface area contributed by atoms with Crippen LogP contribution in [0.3, 0.4) is 0 Å². The number of Topliss-reactive ketones (excluding diaryl/α,β-unsaturated/α-hetero) is 1. The molecule has 1 aromatic heterocycles. The van der Waals surface area contributed by atoms with Gasteiger partial charge in [0.2, 0.25) is 0 Å². The summed E-state index contributed by atoms with van der Waals surface area (Å²) in [6.07, 6.45) is 2.12. The van der Waals surface area contributed by atoms with Crippen LogP contribution in [0.2, 0.25) is 0 Å². The number of aromatic nitrogens is 2. The molecule has 150 valence electrons. The molecule has 5 rings (SSSR count). The summed E-state index contributed by atoms with van der Waals surface area (Å²) in [5.74, 6) is 0.697. The Morgan fingerprint density at radius 1 is 1.10 bits per heavy atom. The van der Waals surface area contributed by atoms with Gasteiger partial charge in [-0.25, -0.2) is 4.68 Å². The van der Waals surface area contributed by atoms with Crippen molar-refractivity contribution in [2.75, 3.05) is 5.32 Å². The molecule has 0 saturated carbocycles. The normalized spacial score (nSPS) is 17.9. The molecular weight excluding hydrogens is 380 g/mol. The van der Waals surface area contributed by atoms with Crippen molar-refractivity contribution in [3.05, 3.63) is 92.8 Å². The molecule has 1 N–H and O–H groups in total. The first-order valence-corrected chi connectivity index (χ1v) is 9.97. The lowest BCUT2D eigenvalue weighted by Gasteiger charge is -2.33. The van der Waals surface area contributed by atoms with Gasteiger partial charge < -0.3 is 5.32 Å². The molecule has 1 unspecified atom stereocenters. The van der Waals surface area contributed by atoms with E-state index in [1.807, 2.05) is 41.9 Å². The van der Waals surface area contributed by atoms with Gasteiger partial charge in [-0.15, -0.1) is 0 Å². The van der Waals surface area contributed by atoms with Crippen molar-refractivity contribution in [3.8, 4) is 5.69 Å². The predicted molar refractivity (Wildman–Crippen MR) is 113 cm³/mol. The highest BCUT2D eigenvalue weighted by Crippen LogP contribution is 2.47. The number of hydrogen-bond acceptors (Lipinski definition) is 5. The van der Waals surface area contributed by atoms with Crippen LogP contribution in [-0.4, -0.2) is 20.5 Å². The number of nitro groups is 1. The smallest absolute Gasteiger partial charge is 0.269 e. The molecule has 0 fully saturated rings. The van der Waals surface area contributed by atoms with Gasteiger partial charge in [-0.2, -0.15) is 5.10 Å². The maximum atomic E-state index is 13.0. The molecule has 0 spiro atoms. The highest BCUT2D eigenvalue weighted by Gasteiger charge is 2.38. The van der Waals surface area contributed by atoms with Gasteiger partial charge in [-0.1, -0.05) is 30.3 Å². The van der Waals surface area contributed by atoms with Crippen LogP contribution in [0.15, 0.2) is 65.9 Å². The summed E-state index contributed by atoms with van der Waals surface area (Å²) >= 11 is 0. The number of carbonyl (C=O) groups is 1. The summed E-state index contributed by atoms with van der Waals surface area (Å²) < 4.78 is 1.88. The number of nitrogens with zero attached hydrogens (tertiary/aromatic N) is 3. The van der Waals surface area contributed by atoms with Gasteiger partial charge in [0.1, 0.15) is 5.82 Å². The predicted octanol–water partition coefficient (Wildman–Crippen LogP) is 4.65. The number of aryl methyl sites for hydroxylation is 1. The third-order valence-corrected chi connectivity index (χ3v) is 5.85. The minimum Gasteiger partial charge on any atom is -0.343 e. The van der Waals surface area contributed by atoms with Crippen LogP contribution >= 0.6 is 0 Å². The Kier molecular flexibility index (Phi) is 4.24. The van der Waals surface area contributed by atoms with Crippen molar-refractivity contribution in [1.29, 1.82) is 0 Å². The first-order chi connectivity index (χ1) is 14.5. The molecule has 1 aliphatic heterocycles. The second kappa shape index (κ2) is 6.95. The molecule has 0 bridgehead atoms. The molecule has 1 atom stereocenters. The minimum atomic E-state index is -0.410. The van der Waals surface area contributed by atoms with Gasteiger partial charge in [0.25, 0.3) is 5.69 Å². The standard InChI is InChI=1S/C23H20N4O3/c1-14-20-21(15-10-12-17(13-11-15)27(29)30)22-18(8-5-9-19(22)28)24-23(20)26(25-14)16-6-3-2-4-7-16/h2-4,6-7,10-13,21,24H,5,8-9H2,1H3. The first kappa shape index (κ1) is 18.3. The number of para-hydroxylation sites is 1. The Hall–Kier alpha value is -3.74. The van der Waals surface area contributed by atoms with Gasteiger partial charge in [0, 0.05) is 41.3 Å². The molecule has 2 heterocycles. The Labute approximate surface area is 173 Å². The van der Waals surface area contributed by atoms with E-state index < -0.39 is 4.92 Å². The Morgan fingerprint density at radius 2 is 1.83 bits per heavy atom. The zero-order chi connectivity index (χ0) is 20.8. The quantitative estimate of drug-likeness (QED) is 0.510. The molecular formula is C23H20N4O3. The third-order valence-electron chi connectivity index (χ3n) is 5.85. The van der Waals surface area contributed by atoms with Crippen molar-refractivity contribution in [3.63, 3.8) is 0 Å². The van der Waals surface area contributed by atoms with Gasteiger partial charge in [0.05, 0.1) is 16.3 Å². The first-order valence-electron chi connectivity index (χ1n) is 9.97. The van der Waals surface area contributed by atoms with E-state index >= 15 is 0 Å². The average Bonchev–Trinajstić information content (AvgIpc) is 3.09. The topological polar surface area (TPSA) is 90.1 Å². The second-order valence-corrected chi connectivity index (χ2v) is 7.67. The van der Waals surface area contributed by atoms with Crippen molar-refractivity contribution in [1.82, 2.24) is 9.78 Å². The van der Waals surface area contributed by atoms with E-state index in [-0.39, 0.29) is 17.4 Å². The van der Waals surface area contributed by atoms with Crippen LogP contribution in [-0.2, 0) is 4.79 Å². The van der Waals surface area contributed by atoms with Crippen LogP contribution < -0.4 is 5.32 Å². The lowest BCUT2D eigenvalue weighted by Crippen LogP contribution is -2.27. The van der Waals surface area contributed by atoms with Gasteiger partial charge in [-0.05, 0) is 37.5 Å². The summed E-state index contributed by atoms with van der Waals surface area (Å²) in [5.41, 5.74) is 5.30. The Bertz CT molecular complexity index is 1190. The molecule has 2 aliphatic rings. The summed E-state index contributed by atoms with van der Waals surface area (Å²) in [7, 11) is 0. The maximum absolute atomic E-state index is 13.0. The molecule has 0 radical (unpaired) electrons. The van der Waals surface area contributed by atoms with Gasteiger partial charge in [0.15, 0.2) is 5.78 Å². The van der Waals surface area contributed by atoms with Gasteiger partial charge >= 0.3 is 0 Å². The van der Waals surface area contributed by atoms with Crippen molar-refractivity contribution >= 4 is 17.3 Å². The molecule has 3 aromatic rings. The summed E-state index contributed by atoms with van der Waals surface area (Å²) in [4.78, 5) is 23.6. The number of nitro benzene ring substituents is 1. The van der Waals surface area contributed by atoms with Crippen LogP contribution in [0.4, 0.5) is 11.5 Å². The molecule has 0 saturated heterocycles. The lowest BCUT2D eigenvalue weighted by atomic mass is 9.76. The molecule has 7 heteroatoms. The summed E-state index contributed by atoms with van der Waals surface area (Å²) in [5, 5.41) is 19.4.